The van der Waals surface area contributed by atoms with E-state index in [0.29, 0.717) is 11.6 Å². The molecule has 1 aromatic heterocycles. The van der Waals surface area contributed by atoms with E-state index < -0.39 is 29.2 Å². The lowest BCUT2D eigenvalue weighted by Crippen LogP contribution is -2.37. The van der Waals surface area contributed by atoms with Gasteiger partial charge in [0, 0.05) is 37.0 Å². The molecule has 0 fully saturated rings. The van der Waals surface area contributed by atoms with Crippen molar-refractivity contribution in [2.75, 3.05) is 19.1 Å². The Hall–Kier alpha value is -4.40. The second-order valence-electron chi connectivity index (χ2n) is 7.55. The van der Waals surface area contributed by atoms with Crippen molar-refractivity contribution >= 4 is 29.4 Å². The summed E-state index contributed by atoms with van der Waals surface area (Å²) in [4.78, 5) is 43.9. The first-order chi connectivity index (χ1) is 16.3. The largest absolute Gasteiger partial charge is 0.481 e. The maximum absolute atomic E-state index is 13.6. The van der Waals surface area contributed by atoms with Crippen molar-refractivity contribution < 1.29 is 27.9 Å². The van der Waals surface area contributed by atoms with Gasteiger partial charge in [-0.3, -0.25) is 14.4 Å². The van der Waals surface area contributed by atoms with Gasteiger partial charge < -0.3 is 15.0 Å². The third kappa shape index (κ3) is 4.40. The number of hydrogen-bond donors (Lipinski definition) is 1. The molecule has 0 aliphatic carbocycles. The number of pyridine rings is 1. The monoisotopic (exact) mass is 463 g/mol. The zero-order chi connectivity index (χ0) is 24.4. The Bertz CT molecular complexity index is 1340. The van der Waals surface area contributed by atoms with Gasteiger partial charge in [-0.2, -0.15) is 0 Å². The molecule has 34 heavy (non-hydrogen) atoms. The van der Waals surface area contributed by atoms with Crippen LogP contribution in [0, 0.1) is 11.6 Å². The molecule has 9 heteroatoms. The van der Waals surface area contributed by atoms with Crippen molar-refractivity contribution in [1.29, 1.82) is 0 Å². The van der Waals surface area contributed by atoms with Gasteiger partial charge in [-0.25, -0.2) is 13.8 Å². The standard InChI is InChI=1S/C25H19F2N3O4/c1-30-21-7-5-16(24(32)29-13-15-4-8-22(34-2)28-12-15)11-17(21)23(31)18(25(30)33)9-14-3-6-19(26)20(27)10-14/h3-12H,13H2,1-2H3,(H,29,32). The second-order valence-corrected chi connectivity index (χ2v) is 7.55. The molecule has 0 saturated heterocycles. The number of ether oxygens (including phenoxy) is 1. The van der Waals surface area contributed by atoms with Gasteiger partial charge >= 0.3 is 0 Å². The number of benzene rings is 2. The Morgan fingerprint density at radius 1 is 1.09 bits per heavy atom. The first-order valence-corrected chi connectivity index (χ1v) is 10.2. The summed E-state index contributed by atoms with van der Waals surface area (Å²) in [5.74, 6) is -3.30. The molecule has 2 heterocycles. The quantitative estimate of drug-likeness (QED) is 0.462. The molecule has 2 amide bonds. The lowest BCUT2D eigenvalue weighted by molar-refractivity contribution is -0.114. The SMILES string of the molecule is COc1ccc(CNC(=O)c2ccc3c(c2)C(=O)C(=Cc2ccc(F)c(F)c2)C(=O)N3C)cn1. The number of carbonyl (C=O) groups is 3. The minimum atomic E-state index is -1.09. The van der Waals surface area contributed by atoms with Crippen LogP contribution < -0.4 is 15.0 Å². The van der Waals surface area contributed by atoms with E-state index in [1.807, 2.05) is 0 Å². The molecule has 0 bridgehead atoms. The highest BCUT2D eigenvalue weighted by Crippen LogP contribution is 2.31. The van der Waals surface area contributed by atoms with Crippen LogP contribution in [0.1, 0.15) is 31.8 Å². The van der Waals surface area contributed by atoms with E-state index >= 15 is 0 Å². The number of Topliss-reactive ketones (excluding diaryl/α,β-unsaturated/α-hetero) is 1. The molecular weight excluding hydrogens is 444 g/mol. The number of carbonyl (C=O) groups excluding carboxylic acids is 3. The normalized spacial score (nSPS) is 14.2. The Balaban J connectivity index is 1.59. The number of fused-ring (bicyclic) bond motifs is 1. The maximum atomic E-state index is 13.6. The van der Waals surface area contributed by atoms with E-state index in [2.05, 4.69) is 10.3 Å². The minimum Gasteiger partial charge on any atom is -0.481 e. The molecule has 0 atom stereocenters. The van der Waals surface area contributed by atoms with Crippen molar-refractivity contribution in [2.24, 2.45) is 0 Å². The van der Waals surface area contributed by atoms with Crippen LogP contribution in [0.3, 0.4) is 0 Å². The van der Waals surface area contributed by atoms with E-state index in [0.717, 1.165) is 17.7 Å². The molecule has 3 aromatic rings. The molecule has 0 radical (unpaired) electrons. The number of methoxy groups -OCH3 is 1. The molecule has 1 aliphatic rings. The summed E-state index contributed by atoms with van der Waals surface area (Å²) < 4.78 is 31.8. The minimum absolute atomic E-state index is 0.148. The third-order valence-corrected chi connectivity index (χ3v) is 5.36. The first kappa shape index (κ1) is 22.8. The van der Waals surface area contributed by atoms with Crippen LogP contribution in [0.4, 0.5) is 14.5 Å². The first-order valence-electron chi connectivity index (χ1n) is 10.2. The van der Waals surface area contributed by atoms with Gasteiger partial charge in [0.15, 0.2) is 11.6 Å². The van der Waals surface area contributed by atoms with Gasteiger partial charge in [0.2, 0.25) is 11.7 Å². The van der Waals surface area contributed by atoms with Crippen molar-refractivity contribution in [2.45, 2.75) is 6.54 Å². The summed E-state index contributed by atoms with van der Waals surface area (Å²) in [5, 5.41) is 2.75. The number of hydrogen-bond acceptors (Lipinski definition) is 5. The van der Waals surface area contributed by atoms with Crippen molar-refractivity contribution in [3.8, 4) is 5.88 Å². The lowest BCUT2D eigenvalue weighted by Gasteiger charge is -2.27. The fraction of sp³-hybridized carbons (Fsp3) is 0.120. The maximum Gasteiger partial charge on any atom is 0.262 e. The number of rotatable bonds is 5. The Labute approximate surface area is 193 Å². The number of halogens is 2. The fourth-order valence-corrected chi connectivity index (χ4v) is 3.50. The summed E-state index contributed by atoms with van der Waals surface area (Å²) in [6, 6.07) is 10.9. The number of anilines is 1. The van der Waals surface area contributed by atoms with E-state index in [9.17, 15) is 23.2 Å². The molecule has 0 spiro atoms. The third-order valence-electron chi connectivity index (χ3n) is 5.36. The van der Waals surface area contributed by atoms with Gasteiger partial charge in [-0.1, -0.05) is 12.1 Å². The summed E-state index contributed by atoms with van der Waals surface area (Å²) in [5.41, 5.74) is 1.41. The van der Waals surface area contributed by atoms with Crippen LogP contribution in [0.25, 0.3) is 6.08 Å². The lowest BCUT2D eigenvalue weighted by atomic mass is 9.92. The molecule has 0 unspecified atom stereocenters. The summed E-state index contributed by atoms with van der Waals surface area (Å²) in [6.07, 6.45) is 2.78. The van der Waals surface area contributed by atoms with Crippen molar-refractivity contribution in [3.05, 3.63) is 94.2 Å². The van der Waals surface area contributed by atoms with Crippen LogP contribution in [-0.2, 0) is 11.3 Å². The number of amides is 2. The smallest absolute Gasteiger partial charge is 0.262 e. The number of likely N-dealkylation sites (N-methyl/N-ethyl adjacent to an activating group) is 1. The van der Waals surface area contributed by atoms with Crippen LogP contribution in [0.5, 0.6) is 5.88 Å². The average molecular weight is 463 g/mol. The number of nitrogens with zero attached hydrogens (tertiary/aromatic N) is 2. The van der Waals surface area contributed by atoms with Gasteiger partial charge in [0.05, 0.1) is 18.4 Å². The number of ketones is 1. The summed E-state index contributed by atoms with van der Waals surface area (Å²) in [6.45, 7) is 0.209. The van der Waals surface area contributed by atoms with Crippen LogP contribution in [0.2, 0.25) is 0 Å². The average Bonchev–Trinajstić information content (AvgIpc) is 2.85. The molecule has 7 nitrogen and oxygen atoms in total. The second kappa shape index (κ2) is 9.22. The van der Waals surface area contributed by atoms with E-state index in [4.69, 9.17) is 4.74 Å². The fourth-order valence-electron chi connectivity index (χ4n) is 3.50. The Morgan fingerprint density at radius 2 is 1.88 bits per heavy atom. The molecule has 1 N–H and O–H groups in total. The zero-order valence-electron chi connectivity index (χ0n) is 18.3. The Morgan fingerprint density at radius 3 is 2.56 bits per heavy atom. The predicted octanol–water partition coefficient (Wildman–Crippen LogP) is 3.54. The highest BCUT2D eigenvalue weighted by molar-refractivity contribution is 6.36. The Kier molecular flexibility index (Phi) is 6.18. The molecule has 0 saturated carbocycles. The molecule has 172 valence electrons. The number of nitrogens with one attached hydrogen (secondary N) is 1. The molecule has 1 aliphatic heterocycles. The van der Waals surface area contributed by atoms with Crippen molar-refractivity contribution in [3.63, 3.8) is 0 Å². The van der Waals surface area contributed by atoms with Crippen LogP contribution in [-0.4, -0.2) is 36.7 Å². The van der Waals surface area contributed by atoms with Gasteiger partial charge in [0.1, 0.15) is 0 Å². The molecule has 4 rings (SSSR count). The van der Waals surface area contributed by atoms with E-state index in [-0.39, 0.29) is 28.8 Å². The summed E-state index contributed by atoms with van der Waals surface area (Å²) in [7, 11) is 2.99. The highest BCUT2D eigenvalue weighted by Gasteiger charge is 2.33. The predicted molar refractivity (Wildman–Crippen MR) is 120 cm³/mol. The van der Waals surface area contributed by atoms with Crippen LogP contribution in [0.15, 0.2) is 60.3 Å². The van der Waals surface area contributed by atoms with Gasteiger partial charge in [0.25, 0.3) is 11.8 Å². The molecule has 2 aromatic carbocycles. The topological polar surface area (TPSA) is 88.6 Å². The van der Waals surface area contributed by atoms with E-state index in [1.165, 1.54) is 49.4 Å². The van der Waals surface area contributed by atoms with E-state index in [1.54, 1.807) is 18.3 Å². The zero-order valence-corrected chi connectivity index (χ0v) is 18.3. The number of aromatic nitrogens is 1. The van der Waals surface area contributed by atoms with Crippen LogP contribution >= 0.6 is 0 Å². The van der Waals surface area contributed by atoms with Gasteiger partial charge in [-0.05, 0) is 47.5 Å². The molecular formula is C25H19F2N3O4. The summed E-state index contributed by atoms with van der Waals surface area (Å²) >= 11 is 0. The van der Waals surface area contributed by atoms with Crippen molar-refractivity contribution in [1.82, 2.24) is 10.3 Å². The van der Waals surface area contributed by atoms with Gasteiger partial charge in [-0.15, -0.1) is 0 Å². The highest BCUT2D eigenvalue weighted by atomic mass is 19.2.